The van der Waals surface area contributed by atoms with E-state index in [9.17, 15) is 9.59 Å². The van der Waals surface area contributed by atoms with Crippen molar-refractivity contribution in [1.29, 1.82) is 0 Å². The van der Waals surface area contributed by atoms with Gasteiger partial charge in [-0.05, 0) is 12.8 Å². The smallest absolute Gasteiger partial charge is 0.250 e. The number of morpholine rings is 1. The zero-order valence-corrected chi connectivity index (χ0v) is 9.91. The van der Waals surface area contributed by atoms with Gasteiger partial charge in [-0.1, -0.05) is 0 Å². The molecule has 6 heteroatoms. The fourth-order valence-corrected chi connectivity index (χ4v) is 2.09. The van der Waals surface area contributed by atoms with E-state index in [0.717, 1.165) is 32.5 Å². The number of hydrogen-bond acceptors (Lipinski definition) is 4. The highest BCUT2D eigenvalue weighted by molar-refractivity contribution is 5.87. The fourth-order valence-electron chi connectivity index (χ4n) is 2.09. The van der Waals surface area contributed by atoms with Crippen molar-refractivity contribution in [2.24, 2.45) is 0 Å². The van der Waals surface area contributed by atoms with E-state index in [1.807, 2.05) is 0 Å². The number of carbonyl (C=O) groups excluding carboxylic acids is 2. The van der Waals surface area contributed by atoms with E-state index in [1.54, 1.807) is 4.90 Å². The summed E-state index contributed by atoms with van der Waals surface area (Å²) in [5.74, 6) is -0.204. The maximum atomic E-state index is 11.7. The van der Waals surface area contributed by atoms with Crippen molar-refractivity contribution in [2.75, 3.05) is 39.3 Å². The van der Waals surface area contributed by atoms with Gasteiger partial charge in [0, 0.05) is 26.2 Å². The highest BCUT2D eigenvalue weighted by Crippen LogP contribution is 2.06. The van der Waals surface area contributed by atoms with Gasteiger partial charge >= 0.3 is 0 Å². The van der Waals surface area contributed by atoms with Crippen molar-refractivity contribution >= 4 is 11.8 Å². The number of carbonyl (C=O) groups is 2. The second-order valence-corrected chi connectivity index (χ2v) is 4.37. The number of hydrogen-bond donors (Lipinski definition) is 2. The second kappa shape index (κ2) is 5.97. The molecule has 2 fully saturated rings. The minimum Gasteiger partial charge on any atom is -0.366 e. The molecule has 96 valence electrons. The van der Waals surface area contributed by atoms with E-state index in [-0.39, 0.29) is 18.4 Å². The molecule has 2 aliphatic rings. The van der Waals surface area contributed by atoms with Crippen LogP contribution in [0.2, 0.25) is 0 Å². The number of likely N-dealkylation sites (tertiary alicyclic amines) is 1. The Hall–Kier alpha value is -1.14. The summed E-state index contributed by atoms with van der Waals surface area (Å²) in [5.41, 5.74) is 0. The van der Waals surface area contributed by atoms with Crippen LogP contribution in [0.15, 0.2) is 0 Å². The molecule has 0 aromatic rings. The first-order valence-electron chi connectivity index (χ1n) is 6.15. The predicted octanol–water partition coefficient (Wildman–Crippen LogP) is -1.29. The van der Waals surface area contributed by atoms with Gasteiger partial charge in [0.25, 0.3) is 5.91 Å². The topological polar surface area (TPSA) is 70.7 Å². The molecule has 0 bridgehead atoms. The minimum atomic E-state index is -0.463. The van der Waals surface area contributed by atoms with Gasteiger partial charge in [0.05, 0.1) is 13.2 Å². The van der Waals surface area contributed by atoms with E-state index in [1.165, 1.54) is 0 Å². The summed E-state index contributed by atoms with van der Waals surface area (Å²) in [5, 5.41) is 5.71. The Balaban J connectivity index is 1.69. The average molecular weight is 241 g/mol. The zero-order valence-electron chi connectivity index (χ0n) is 9.91. The average Bonchev–Trinajstić information content (AvgIpc) is 2.90. The van der Waals surface area contributed by atoms with E-state index in [0.29, 0.717) is 13.2 Å². The Morgan fingerprint density at radius 1 is 1.35 bits per heavy atom. The van der Waals surface area contributed by atoms with Gasteiger partial charge in [-0.3, -0.25) is 9.59 Å². The Morgan fingerprint density at radius 3 is 2.76 bits per heavy atom. The van der Waals surface area contributed by atoms with Gasteiger partial charge in [0.1, 0.15) is 6.10 Å². The molecule has 2 N–H and O–H groups in total. The molecule has 0 aromatic carbocycles. The maximum absolute atomic E-state index is 11.7. The molecule has 0 aromatic heterocycles. The molecule has 2 amide bonds. The molecule has 1 atom stereocenters. The van der Waals surface area contributed by atoms with Crippen LogP contribution < -0.4 is 10.6 Å². The van der Waals surface area contributed by atoms with Crippen LogP contribution in [0.3, 0.4) is 0 Å². The van der Waals surface area contributed by atoms with E-state index in [2.05, 4.69) is 10.6 Å². The molecule has 1 unspecified atom stereocenters. The van der Waals surface area contributed by atoms with Crippen LogP contribution in [-0.4, -0.2) is 62.1 Å². The van der Waals surface area contributed by atoms with Crippen LogP contribution in [0.25, 0.3) is 0 Å². The Morgan fingerprint density at radius 2 is 2.12 bits per heavy atom. The van der Waals surface area contributed by atoms with Crippen molar-refractivity contribution in [3.05, 3.63) is 0 Å². The Kier molecular flexibility index (Phi) is 4.33. The van der Waals surface area contributed by atoms with Gasteiger partial charge in [0.15, 0.2) is 0 Å². The summed E-state index contributed by atoms with van der Waals surface area (Å²) < 4.78 is 5.30. The molecule has 0 saturated carbocycles. The summed E-state index contributed by atoms with van der Waals surface area (Å²) in [6.07, 6.45) is 1.67. The summed E-state index contributed by atoms with van der Waals surface area (Å²) in [4.78, 5) is 25.1. The first-order chi connectivity index (χ1) is 8.27. The number of ether oxygens (including phenoxy) is 1. The van der Waals surface area contributed by atoms with Gasteiger partial charge in [0.2, 0.25) is 5.91 Å². The molecule has 0 aliphatic carbocycles. The molecule has 0 spiro atoms. The zero-order chi connectivity index (χ0) is 12.1. The third kappa shape index (κ3) is 3.41. The Bertz CT molecular complexity index is 284. The molecule has 6 nitrogen and oxygen atoms in total. The molecule has 17 heavy (non-hydrogen) atoms. The van der Waals surface area contributed by atoms with E-state index in [4.69, 9.17) is 4.74 Å². The lowest BCUT2D eigenvalue weighted by molar-refractivity contribution is -0.138. The summed E-state index contributed by atoms with van der Waals surface area (Å²) in [6, 6.07) is 0. The second-order valence-electron chi connectivity index (χ2n) is 4.37. The summed E-state index contributed by atoms with van der Waals surface area (Å²) in [7, 11) is 0. The standard InChI is InChI=1S/C11H19N3O3/c15-10(14-4-1-2-5-14)8-13-11(16)9-7-12-3-6-17-9/h9,12H,1-8H2,(H,13,16). The van der Waals surface area contributed by atoms with Gasteiger partial charge in [-0.2, -0.15) is 0 Å². The van der Waals surface area contributed by atoms with Crippen LogP contribution in [0, 0.1) is 0 Å². The van der Waals surface area contributed by atoms with Crippen molar-refractivity contribution in [2.45, 2.75) is 18.9 Å². The van der Waals surface area contributed by atoms with Crippen LogP contribution in [0.5, 0.6) is 0 Å². The SMILES string of the molecule is O=C(NCC(=O)N1CCCC1)C1CNCCO1. The predicted molar refractivity (Wildman–Crippen MR) is 61.4 cm³/mol. The molecular formula is C11H19N3O3. The fraction of sp³-hybridized carbons (Fsp3) is 0.818. The Labute approximate surface area is 101 Å². The normalized spacial score (nSPS) is 24.7. The lowest BCUT2D eigenvalue weighted by atomic mass is 10.3. The van der Waals surface area contributed by atoms with Crippen molar-refractivity contribution < 1.29 is 14.3 Å². The number of nitrogens with one attached hydrogen (secondary N) is 2. The molecular weight excluding hydrogens is 222 g/mol. The van der Waals surface area contributed by atoms with Crippen molar-refractivity contribution in [3.8, 4) is 0 Å². The quantitative estimate of drug-likeness (QED) is 0.645. The third-order valence-electron chi connectivity index (χ3n) is 3.09. The minimum absolute atomic E-state index is 0.000353. The van der Waals surface area contributed by atoms with Crippen LogP contribution in [0.4, 0.5) is 0 Å². The molecule has 2 heterocycles. The lowest BCUT2D eigenvalue weighted by Crippen LogP contribution is -2.49. The monoisotopic (exact) mass is 241 g/mol. The number of rotatable bonds is 3. The lowest BCUT2D eigenvalue weighted by Gasteiger charge is -2.23. The van der Waals surface area contributed by atoms with E-state index >= 15 is 0 Å². The number of amides is 2. The van der Waals surface area contributed by atoms with Crippen LogP contribution >= 0.6 is 0 Å². The maximum Gasteiger partial charge on any atom is 0.250 e. The van der Waals surface area contributed by atoms with Crippen LogP contribution in [-0.2, 0) is 14.3 Å². The molecule has 2 saturated heterocycles. The van der Waals surface area contributed by atoms with Crippen LogP contribution in [0.1, 0.15) is 12.8 Å². The molecule has 2 rings (SSSR count). The molecule has 0 radical (unpaired) electrons. The number of nitrogens with zero attached hydrogens (tertiary/aromatic N) is 1. The van der Waals surface area contributed by atoms with Gasteiger partial charge < -0.3 is 20.3 Å². The van der Waals surface area contributed by atoms with Crippen molar-refractivity contribution in [3.63, 3.8) is 0 Å². The van der Waals surface area contributed by atoms with Crippen molar-refractivity contribution in [1.82, 2.24) is 15.5 Å². The highest BCUT2D eigenvalue weighted by atomic mass is 16.5. The first-order valence-corrected chi connectivity index (χ1v) is 6.15. The van der Waals surface area contributed by atoms with Gasteiger partial charge in [-0.15, -0.1) is 0 Å². The van der Waals surface area contributed by atoms with Gasteiger partial charge in [-0.25, -0.2) is 0 Å². The summed E-state index contributed by atoms with van der Waals surface area (Å²) >= 11 is 0. The molecule has 2 aliphatic heterocycles. The van der Waals surface area contributed by atoms with E-state index < -0.39 is 6.10 Å². The largest absolute Gasteiger partial charge is 0.366 e. The third-order valence-corrected chi connectivity index (χ3v) is 3.09. The summed E-state index contributed by atoms with van der Waals surface area (Å²) in [6.45, 7) is 3.55. The first kappa shape index (κ1) is 12.3. The highest BCUT2D eigenvalue weighted by Gasteiger charge is 2.23.